The van der Waals surface area contributed by atoms with E-state index in [2.05, 4.69) is 26.0 Å². The van der Waals surface area contributed by atoms with Gasteiger partial charge in [-0.2, -0.15) is 0 Å². The molecule has 0 saturated heterocycles. The summed E-state index contributed by atoms with van der Waals surface area (Å²) >= 11 is 0. The van der Waals surface area contributed by atoms with Crippen molar-refractivity contribution in [3.8, 4) is 17.0 Å². The summed E-state index contributed by atoms with van der Waals surface area (Å²) in [4.78, 5) is 13.0. The third kappa shape index (κ3) is 2.23. The predicted octanol–water partition coefficient (Wildman–Crippen LogP) is 3.56. The molecule has 0 atom stereocenters. The Morgan fingerprint density at radius 2 is 1.83 bits per heavy atom. The van der Waals surface area contributed by atoms with E-state index in [1.807, 2.05) is 0 Å². The average Bonchev–Trinajstić information content (AvgIpc) is 3.37. The van der Waals surface area contributed by atoms with E-state index in [9.17, 15) is 9.90 Å². The van der Waals surface area contributed by atoms with Crippen LogP contribution in [0.2, 0.25) is 0 Å². The van der Waals surface area contributed by atoms with Crippen molar-refractivity contribution in [2.45, 2.75) is 65.0 Å². The van der Waals surface area contributed by atoms with E-state index in [-0.39, 0.29) is 11.4 Å². The van der Waals surface area contributed by atoms with Crippen LogP contribution in [0.4, 0.5) is 0 Å². The maximum atomic E-state index is 13.0. The highest BCUT2D eigenvalue weighted by Crippen LogP contribution is 2.47. The van der Waals surface area contributed by atoms with Gasteiger partial charge in [-0.15, -0.1) is 0 Å². The minimum Gasteiger partial charge on any atom is -0.493 e. The highest BCUT2D eigenvalue weighted by atomic mass is 16.3. The van der Waals surface area contributed by atoms with E-state index in [1.165, 1.54) is 29.5 Å². The van der Waals surface area contributed by atoms with Crippen LogP contribution in [0.15, 0.2) is 16.9 Å². The zero-order chi connectivity index (χ0) is 16.1. The van der Waals surface area contributed by atoms with Crippen molar-refractivity contribution in [3.05, 3.63) is 39.2 Å². The van der Waals surface area contributed by atoms with Crippen molar-refractivity contribution in [2.75, 3.05) is 0 Å². The molecule has 1 fully saturated rings. The summed E-state index contributed by atoms with van der Waals surface area (Å²) < 4.78 is 3.50. The minimum atomic E-state index is -0.0253. The molecule has 0 amide bonds. The van der Waals surface area contributed by atoms with Crippen molar-refractivity contribution in [3.63, 3.8) is 0 Å². The van der Waals surface area contributed by atoms with Gasteiger partial charge in [0.1, 0.15) is 5.56 Å². The zero-order valence-electron chi connectivity index (χ0n) is 13.9. The van der Waals surface area contributed by atoms with E-state index in [4.69, 9.17) is 0 Å². The fourth-order valence-electron chi connectivity index (χ4n) is 3.96. The molecule has 0 bridgehead atoms. The van der Waals surface area contributed by atoms with Gasteiger partial charge >= 0.3 is 0 Å². The van der Waals surface area contributed by atoms with Crippen LogP contribution in [0.5, 0.6) is 5.88 Å². The Bertz CT molecular complexity index is 825. The summed E-state index contributed by atoms with van der Waals surface area (Å²) in [7, 11) is 0. The molecule has 1 aliphatic carbocycles. The van der Waals surface area contributed by atoms with Crippen molar-refractivity contribution in [1.82, 2.24) is 9.36 Å². The summed E-state index contributed by atoms with van der Waals surface area (Å²) in [6, 6.07) is 4.38. The van der Waals surface area contributed by atoms with Crippen LogP contribution in [0.3, 0.4) is 0 Å². The molecule has 0 radical (unpaired) electrons. The lowest BCUT2D eigenvalue weighted by atomic mass is 9.90. The van der Waals surface area contributed by atoms with Gasteiger partial charge in [0, 0.05) is 13.1 Å². The maximum Gasteiger partial charge on any atom is 0.278 e. The van der Waals surface area contributed by atoms with Gasteiger partial charge < -0.3 is 5.11 Å². The first kappa shape index (κ1) is 14.6. The van der Waals surface area contributed by atoms with Crippen LogP contribution in [0.1, 0.15) is 55.2 Å². The molecule has 122 valence electrons. The van der Waals surface area contributed by atoms with E-state index in [1.54, 1.807) is 9.36 Å². The Kier molecular flexibility index (Phi) is 3.36. The fraction of sp³-hybridized carbons (Fsp3) is 0.526. The molecule has 2 aromatic rings. The van der Waals surface area contributed by atoms with Crippen LogP contribution < -0.4 is 5.56 Å². The van der Waals surface area contributed by atoms with E-state index >= 15 is 0 Å². The topological polar surface area (TPSA) is 47.2 Å². The number of hydrogen-bond donors (Lipinski definition) is 1. The van der Waals surface area contributed by atoms with E-state index < -0.39 is 0 Å². The van der Waals surface area contributed by atoms with Gasteiger partial charge in [0.25, 0.3) is 5.56 Å². The lowest BCUT2D eigenvalue weighted by molar-refractivity contribution is 0.305. The van der Waals surface area contributed by atoms with Crippen LogP contribution >= 0.6 is 0 Å². The number of rotatable bonds is 3. The molecule has 4 nitrogen and oxygen atoms in total. The molecule has 2 aliphatic rings. The van der Waals surface area contributed by atoms with Gasteiger partial charge in [-0.1, -0.05) is 24.6 Å². The number of fused-ring (bicyclic) bond motifs is 1. The van der Waals surface area contributed by atoms with Gasteiger partial charge in [-0.3, -0.25) is 9.48 Å². The number of aryl methyl sites for hydroxylation is 2. The van der Waals surface area contributed by atoms with Gasteiger partial charge in [-0.05, 0) is 61.6 Å². The SMILES string of the molecule is CCc1cc(C)cc(C2CC2)c1-c1c(O)n2n(c1=O)CCCC2. The summed E-state index contributed by atoms with van der Waals surface area (Å²) in [5.74, 6) is 0.714. The number of benzene rings is 1. The lowest BCUT2D eigenvalue weighted by Crippen LogP contribution is -2.27. The number of aromatic nitrogens is 2. The van der Waals surface area contributed by atoms with Crippen molar-refractivity contribution >= 4 is 0 Å². The van der Waals surface area contributed by atoms with Crippen molar-refractivity contribution in [2.24, 2.45) is 0 Å². The highest BCUT2D eigenvalue weighted by molar-refractivity contribution is 5.76. The molecule has 1 aromatic carbocycles. The molecule has 1 aliphatic heterocycles. The zero-order valence-corrected chi connectivity index (χ0v) is 13.9. The van der Waals surface area contributed by atoms with Crippen LogP contribution in [-0.4, -0.2) is 14.5 Å². The Morgan fingerprint density at radius 1 is 1.13 bits per heavy atom. The van der Waals surface area contributed by atoms with Gasteiger partial charge in [0.2, 0.25) is 5.88 Å². The second-order valence-electron chi connectivity index (χ2n) is 6.97. The lowest BCUT2D eigenvalue weighted by Gasteiger charge is -2.17. The smallest absolute Gasteiger partial charge is 0.278 e. The Balaban J connectivity index is 2.02. The van der Waals surface area contributed by atoms with Gasteiger partial charge in [0.05, 0.1) is 0 Å². The number of nitrogens with zero attached hydrogens (tertiary/aromatic N) is 2. The monoisotopic (exact) mass is 312 g/mol. The van der Waals surface area contributed by atoms with Gasteiger partial charge in [0.15, 0.2) is 0 Å². The average molecular weight is 312 g/mol. The first-order chi connectivity index (χ1) is 11.1. The molecule has 4 rings (SSSR count). The van der Waals surface area contributed by atoms with E-state index in [0.717, 1.165) is 31.4 Å². The molecule has 0 unspecified atom stereocenters. The molecular weight excluding hydrogens is 288 g/mol. The van der Waals surface area contributed by atoms with Crippen LogP contribution in [0.25, 0.3) is 11.1 Å². The standard InChI is InChI=1S/C19H24N2O2/c1-3-13-10-12(2)11-15(14-6-7-14)16(13)17-18(22)20-8-4-5-9-21(20)19(17)23/h10-11,14,22H,3-9H2,1-2H3. The second kappa shape index (κ2) is 5.29. The maximum absolute atomic E-state index is 13.0. The largest absolute Gasteiger partial charge is 0.493 e. The Hall–Kier alpha value is -1.97. The Morgan fingerprint density at radius 3 is 2.43 bits per heavy atom. The van der Waals surface area contributed by atoms with Gasteiger partial charge in [-0.25, -0.2) is 4.68 Å². The minimum absolute atomic E-state index is 0.0253. The van der Waals surface area contributed by atoms with E-state index in [0.29, 0.717) is 18.0 Å². The predicted molar refractivity (Wildman–Crippen MR) is 91.1 cm³/mol. The highest BCUT2D eigenvalue weighted by Gasteiger charge is 2.32. The molecular formula is C19H24N2O2. The first-order valence-electron chi connectivity index (χ1n) is 8.78. The molecule has 4 heteroatoms. The quantitative estimate of drug-likeness (QED) is 0.942. The molecule has 1 N–H and O–H groups in total. The molecule has 23 heavy (non-hydrogen) atoms. The molecule has 0 spiro atoms. The van der Waals surface area contributed by atoms with Crippen LogP contribution in [0, 0.1) is 6.92 Å². The summed E-state index contributed by atoms with van der Waals surface area (Å²) in [5, 5.41) is 10.8. The second-order valence-corrected chi connectivity index (χ2v) is 6.97. The normalized spacial score (nSPS) is 17.3. The Labute approximate surface area is 136 Å². The third-order valence-corrected chi connectivity index (χ3v) is 5.24. The summed E-state index contributed by atoms with van der Waals surface area (Å²) in [5.41, 5.74) is 5.21. The summed E-state index contributed by atoms with van der Waals surface area (Å²) in [6.07, 6.45) is 5.28. The fourth-order valence-corrected chi connectivity index (χ4v) is 3.96. The number of hydrogen-bond acceptors (Lipinski definition) is 2. The number of aromatic hydroxyl groups is 1. The summed E-state index contributed by atoms with van der Waals surface area (Å²) in [6.45, 7) is 5.68. The molecule has 2 heterocycles. The first-order valence-corrected chi connectivity index (χ1v) is 8.78. The van der Waals surface area contributed by atoms with Crippen molar-refractivity contribution < 1.29 is 5.11 Å². The molecule has 1 aromatic heterocycles. The van der Waals surface area contributed by atoms with Crippen molar-refractivity contribution in [1.29, 1.82) is 0 Å². The molecule has 1 saturated carbocycles. The van der Waals surface area contributed by atoms with Crippen LogP contribution in [-0.2, 0) is 19.5 Å². The third-order valence-electron chi connectivity index (χ3n) is 5.24.